The van der Waals surface area contributed by atoms with E-state index < -0.39 is 40.2 Å². The van der Waals surface area contributed by atoms with Crippen molar-refractivity contribution in [2.24, 2.45) is 11.7 Å². The minimum atomic E-state index is -1.50. The topological polar surface area (TPSA) is 110 Å². The first-order valence-electron chi connectivity index (χ1n) is 12.1. The van der Waals surface area contributed by atoms with Gasteiger partial charge in [-0.3, -0.25) is 9.78 Å². The fraction of sp³-hybridized carbons (Fsp3) is 0.370. The Kier molecular flexibility index (Phi) is 6.74. The highest BCUT2D eigenvalue weighted by molar-refractivity contribution is 6.03. The number of nitrogens with zero attached hydrogens (tertiary/aromatic N) is 2. The van der Waals surface area contributed by atoms with Crippen LogP contribution in [-0.4, -0.2) is 40.2 Å². The summed E-state index contributed by atoms with van der Waals surface area (Å²) in [7, 11) is 0. The van der Waals surface area contributed by atoms with Crippen LogP contribution in [0.15, 0.2) is 42.7 Å². The van der Waals surface area contributed by atoms with Crippen molar-refractivity contribution >= 4 is 11.6 Å². The van der Waals surface area contributed by atoms with Crippen molar-refractivity contribution in [3.8, 4) is 11.3 Å². The number of anilines is 1. The highest BCUT2D eigenvalue weighted by Crippen LogP contribution is 2.39. The molecule has 194 valence electrons. The number of nitrogens with two attached hydrogens (primary N) is 1. The quantitative estimate of drug-likeness (QED) is 0.471. The standard InChI is InChI=1S/C27H27F3N4O3/c1-14-6-15(8-17(31)7-14)18-4-5-32-11-23(18)34-26(35)22-3-2-19(28)25(33-22)24-20(29)9-16(10-21(24)30)27(36)12-37-13-27/h2-5,9-11,14-15,17,36H,6-8,12-13,31H2,1H3,(H,34,35)/t14-,15+,17+/m0/s1. The third-order valence-electron chi connectivity index (χ3n) is 7.10. The van der Waals surface area contributed by atoms with Gasteiger partial charge in [0.25, 0.3) is 5.91 Å². The smallest absolute Gasteiger partial charge is 0.274 e. The van der Waals surface area contributed by atoms with Gasteiger partial charge in [0, 0.05) is 12.2 Å². The van der Waals surface area contributed by atoms with Gasteiger partial charge in [-0.15, -0.1) is 0 Å². The minimum absolute atomic E-state index is 0.0207. The molecule has 0 unspecified atom stereocenters. The Morgan fingerprint density at radius 2 is 1.84 bits per heavy atom. The molecule has 4 N–H and O–H groups in total. The van der Waals surface area contributed by atoms with Crippen molar-refractivity contribution in [2.45, 2.75) is 43.7 Å². The third-order valence-corrected chi connectivity index (χ3v) is 7.10. The SMILES string of the molecule is C[C@@H]1C[C@@H](N)C[C@H](c2ccncc2NC(=O)c2ccc(F)c(-c3c(F)cc(C4(O)COC4)cc3F)n2)C1. The average molecular weight is 513 g/mol. The Bertz CT molecular complexity index is 1320. The summed E-state index contributed by atoms with van der Waals surface area (Å²) in [5, 5.41) is 13.1. The molecule has 2 fully saturated rings. The lowest BCUT2D eigenvalue weighted by Gasteiger charge is -2.36. The lowest BCUT2D eigenvalue weighted by Crippen LogP contribution is -2.46. The van der Waals surface area contributed by atoms with E-state index in [9.17, 15) is 23.1 Å². The van der Waals surface area contributed by atoms with Gasteiger partial charge in [-0.05, 0) is 72.6 Å². The van der Waals surface area contributed by atoms with Gasteiger partial charge in [-0.1, -0.05) is 6.92 Å². The summed E-state index contributed by atoms with van der Waals surface area (Å²) in [6, 6.07) is 5.81. The number of carbonyl (C=O) groups excluding carboxylic acids is 1. The first-order valence-corrected chi connectivity index (χ1v) is 12.1. The summed E-state index contributed by atoms with van der Waals surface area (Å²) in [6.45, 7) is 1.94. The van der Waals surface area contributed by atoms with E-state index in [0.717, 1.165) is 49.1 Å². The van der Waals surface area contributed by atoms with E-state index in [4.69, 9.17) is 10.5 Å². The number of nitrogens with one attached hydrogen (secondary N) is 1. The maximum absolute atomic E-state index is 15.0. The number of rotatable bonds is 5. The van der Waals surface area contributed by atoms with E-state index in [1.165, 1.54) is 6.20 Å². The molecule has 1 aromatic carbocycles. The number of aliphatic hydroxyl groups is 1. The Labute approximate surface area is 211 Å². The number of amides is 1. The number of ether oxygens (including phenoxy) is 1. The average Bonchev–Trinajstić information content (AvgIpc) is 2.82. The normalized spacial score (nSPS) is 22.8. The summed E-state index contributed by atoms with van der Waals surface area (Å²) in [4.78, 5) is 21.2. The van der Waals surface area contributed by atoms with Crippen molar-refractivity contribution in [1.29, 1.82) is 0 Å². The molecule has 1 saturated carbocycles. The van der Waals surface area contributed by atoms with Crippen molar-refractivity contribution in [3.63, 3.8) is 0 Å². The molecule has 3 atom stereocenters. The van der Waals surface area contributed by atoms with E-state index in [1.54, 1.807) is 6.20 Å². The maximum Gasteiger partial charge on any atom is 0.274 e. The molecule has 2 aromatic heterocycles. The van der Waals surface area contributed by atoms with Crippen LogP contribution in [0.3, 0.4) is 0 Å². The van der Waals surface area contributed by atoms with Gasteiger partial charge in [-0.25, -0.2) is 18.2 Å². The van der Waals surface area contributed by atoms with Crippen molar-refractivity contribution in [2.75, 3.05) is 18.5 Å². The zero-order chi connectivity index (χ0) is 26.3. The molecule has 1 aliphatic heterocycles. The second-order valence-electron chi connectivity index (χ2n) is 10.1. The lowest BCUT2D eigenvalue weighted by molar-refractivity contribution is -0.184. The molecule has 10 heteroatoms. The van der Waals surface area contributed by atoms with Crippen molar-refractivity contribution in [1.82, 2.24) is 9.97 Å². The lowest BCUT2D eigenvalue weighted by atomic mass is 9.76. The molecule has 0 bridgehead atoms. The summed E-state index contributed by atoms with van der Waals surface area (Å²) in [5.74, 6) is -3.35. The van der Waals surface area contributed by atoms with Gasteiger partial charge in [0.15, 0.2) is 0 Å². The highest BCUT2D eigenvalue weighted by Gasteiger charge is 2.39. The predicted molar refractivity (Wildman–Crippen MR) is 130 cm³/mol. The van der Waals surface area contributed by atoms with Gasteiger partial charge >= 0.3 is 0 Å². The number of benzene rings is 1. The van der Waals surface area contributed by atoms with Crippen LogP contribution in [0.5, 0.6) is 0 Å². The number of hydrogen-bond donors (Lipinski definition) is 3. The monoisotopic (exact) mass is 512 g/mol. The third kappa shape index (κ3) is 4.96. The molecular formula is C27H27F3N4O3. The molecule has 5 rings (SSSR count). The van der Waals surface area contributed by atoms with Gasteiger partial charge in [0.05, 0.1) is 30.7 Å². The Hall–Kier alpha value is -3.34. The summed E-state index contributed by atoms with van der Waals surface area (Å²) >= 11 is 0. The molecule has 0 radical (unpaired) electrons. The number of hydrogen-bond acceptors (Lipinski definition) is 6. The van der Waals surface area contributed by atoms with Crippen LogP contribution in [0.2, 0.25) is 0 Å². The zero-order valence-electron chi connectivity index (χ0n) is 20.2. The molecule has 2 aliphatic rings. The van der Waals surface area contributed by atoms with E-state index in [0.29, 0.717) is 11.6 Å². The first-order chi connectivity index (χ1) is 17.6. The van der Waals surface area contributed by atoms with Crippen molar-refractivity contribution < 1.29 is 27.8 Å². The Morgan fingerprint density at radius 1 is 1.11 bits per heavy atom. The summed E-state index contributed by atoms with van der Waals surface area (Å²) < 4.78 is 49.5. The largest absolute Gasteiger partial charge is 0.380 e. The van der Waals surface area contributed by atoms with Crippen LogP contribution < -0.4 is 11.1 Å². The predicted octanol–water partition coefficient (Wildman–Crippen LogP) is 4.26. The van der Waals surface area contributed by atoms with Crippen LogP contribution in [0.1, 0.15) is 53.7 Å². The number of pyridine rings is 2. The number of halogens is 3. The second kappa shape index (κ2) is 9.85. The van der Waals surface area contributed by atoms with E-state index >= 15 is 0 Å². The number of aromatic nitrogens is 2. The van der Waals surface area contributed by atoms with Crippen LogP contribution in [0.25, 0.3) is 11.3 Å². The second-order valence-corrected chi connectivity index (χ2v) is 10.1. The highest BCUT2D eigenvalue weighted by atomic mass is 19.1. The van der Waals surface area contributed by atoms with Crippen LogP contribution in [-0.2, 0) is 10.3 Å². The molecule has 1 amide bonds. The molecule has 3 heterocycles. The van der Waals surface area contributed by atoms with Gasteiger partial charge < -0.3 is 20.9 Å². The van der Waals surface area contributed by atoms with Gasteiger partial charge in [-0.2, -0.15) is 0 Å². The zero-order valence-corrected chi connectivity index (χ0v) is 20.2. The van der Waals surface area contributed by atoms with Gasteiger partial charge in [0.2, 0.25) is 0 Å². The minimum Gasteiger partial charge on any atom is -0.380 e. The number of carbonyl (C=O) groups is 1. The molecule has 1 saturated heterocycles. The van der Waals surface area contributed by atoms with Crippen molar-refractivity contribution in [3.05, 3.63) is 77.0 Å². The van der Waals surface area contributed by atoms with Crippen LogP contribution in [0.4, 0.5) is 18.9 Å². The summed E-state index contributed by atoms with van der Waals surface area (Å²) in [5.41, 5.74) is 4.45. The molecular weight excluding hydrogens is 485 g/mol. The molecule has 37 heavy (non-hydrogen) atoms. The fourth-order valence-electron chi connectivity index (χ4n) is 5.24. The summed E-state index contributed by atoms with van der Waals surface area (Å²) in [6.07, 6.45) is 5.79. The van der Waals surface area contributed by atoms with Crippen LogP contribution in [0, 0.1) is 23.4 Å². The Morgan fingerprint density at radius 3 is 2.49 bits per heavy atom. The van der Waals surface area contributed by atoms with Crippen LogP contribution >= 0.6 is 0 Å². The molecule has 7 nitrogen and oxygen atoms in total. The van der Waals surface area contributed by atoms with E-state index in [-0.39, 0.29) is 36.4 Å². The van der Waals surface area contributed by atoms with E-state index in [2.05, 4.69) is 22.2 Å². The first kappa shape index (κ1) is 25.3. The fourth-order valence-corrected chi connectivity index (χ4v) is 5.24. The molecule has 1 aliphatic carbocycles. The molecule has 3 aromatic rings. The van der Waals surface area contributed by atoms with E-state index in [1.807, 2.05) is 6.07 Å². The molecule has 0 spiro atoms. The van der Waals surface area contributed by atoms with Gasteiger partial charge in [0.1, 0.15) is 34.4 Å². The maximum atomic E-state index is 15.0. The Balaban J connectivity index is 1.44.